The first-order valence-corrected chi connectivity index (χ1v) is 23.1. The monoisotopic (exact) mass is 900 g/mol. The fourth-order valence-corrected chi connectivity index (χ4v) is 10.5. The summed E-state index contributed by atoms with van der Waals surface area (Å²) in [5.41, 5.74) is -0.343. The summed E-state index contributed by atoms with van der Waals surface area (Å²) in [6, 6.07) is 0. The number of nitrogens with one attached hydrogen (secondary N) is 1. The molecule has 8 rings (SSSR count). The van der Waals surface area contributed by atoms with Gasteiger partial charge >= 0.3 is 11.8 Å². The first kappa shape index (κ1) is 48.1. The van der Waals surface area contributed by atoms with Crippen molar-refractivity contribution < 1.29 is 53.0 Å². The van der Waals surface area contributed by atoms with Gasteiger partial charge in [0.15, 0.2) is 17.2 Å². The van der Waals surface area contributed by atoms with Crippen LogP contribution in [-0.4, -0.2) is 101 Å². The number of anilines is 1. The Balaban J connectivity index is 1.42. The van der Waals surface area contributed by atoms with Crippen molar-refractivity contribution in [3.05, 3.63) is 58.0 Å². The third-order valence-electron chi connectivity index (χ3n) is 14.0. The van der Waals surface area contributed by atoms with Crippen LogP contribution in [0.2, 0.25) is 0 Å². The Morgan fingerprint density at radius 1 is 0.954 bits per heavy atom. The number of methoxy groups -OCH3 is 1. The van der Waals surface area contributed by atoms with E-state index in [9.17, 15) is 19.8 Å². The Morgan fingerprint density at radius 2 is 1.62 bits per heavy atom. The van der Waals surface area contributed by atoms with E-state index >= 15 is 4.79 Å². The molecule has 2 aromatic carbocycles. The zero-order valence-electron chi connectivity index (χ0n) is 40.2. The number of phenolic OH excluding ortho intramolecular Hbond substituents is 2. The Morgan fingerprint density at radius 3 is 2.25 bits per heavy atom. The summed E-state index contributed by atoms with van der Waals surface area (Å²) < 4.78 is 38.1. The lowest BCUT2D eigenvalue weighted by Gasteiger charge is -2.50. The molecule has 2 saturated heterocycles. The Labute approximate surface area is 381 Å². The molecule has 15 nitrogen and oxygen atoms in total. The molecule has 7 bridgehead atoms. The van der Waals surface area contributed by atoms with Gasteiger partial charge < -0.3 is 48.9 Å². The van der Waals surface area contributed by atoms with E-state index in [4.69, 9.17) is 38.4 Å². The number of Topliss-reactive ketones (excluding diaryl/α,β-unsaturated/α-hetero) is 1. The van der Waals surface area contributed by atoms with Crippen LogP contribution in [0.25, 0.3) is 10.8 Å². The lowest BCUT2D eigenvalue weighted by molar-refractivity contribution is -0.336. The number of piperidine rings is 1. The van der Waals surface area contributed by atoms with Crippen molar-refractivity contribution in [3.8, 4) is 17.2 Å². The smallest absolute Gasteiger partial charge is 0.315 e. The quantitative estimate of drug-likeness (QED) is 0.208. The average Bonchev–Trinajstić information content (AvgIpc) is 3.76. The van der Waals surface area contributed by atoms with Crippen molar-refractivity contribution in [2.75, 3.05) is 32.1 Å². The third kappa shape index (κ3) is 8.81. The number of phenols is 2. The number of nitrogens with zero attached hydrogens (tertiary/aromatic N) is 3. The number of hydrogen-bond acceptors (Lipinski definition) is 14. The molecular weight excluding hydrogens is 833 g/mol. The normalized spacial score (nSPS) is 33.0. The highest BCUT2D eigenvalue weighted by Crippen LogP contribution is 2.51. The molecule has 65 heavy (non-hydrogen) atoms. The van der Waals surface area contributed by atoms with Crippen LogP contribution >= 0.6 is 0 Å². The number of ketones is 1. The molecule has 2 aromatic rings. The number of fused-ring (bicyclic) bond motifs is 9. The van der Waals surface area contributed by atoms with Crippen molar-refractivity contribution in [1.82, 2.24) is 4.90 Å². The van der Waals surface area contributed by atoms with Crippen molar-refractivity contribution in [2.24, 2.45) is 39.6 Å². The molecule has 6 aliphatic rings. The molecule has 0 aromatic heterocycles. The van der Waals surface area contributed by atoms with Gasteiger partial charge in [0.25, 0.3) is 11.7 Å². The molecule has 2 fully saturated rings. The molecule has 0 radical (unpaired) electrons. The van der Waals surface area contributed by atoms with Crippen molar-refractivity contribution in [2.45, 2.75) is 144 Å². The lowest BCUT2D eigenvalue weighted by Crippen LogP contribution is -2.56. The van der Waals surface area contributed by atoms with E-state index in [1.54, 1.807) is 40.0 Å². The molecule has 9 atom stereocenters. The molecule has 1 spiro atoms. The number of hydrogen-bond donors (Lipinski definition) is 3. The van der Waals surface area contributed by atoms with Crippen LogP contribution in [0.15, 0.2) is 46.1 Å². The number of rotatable bonds is 5. The number of aromatic hydroxyl groups is 2. The Kier molecular flexibility index (Phi) is 13.4. The van der Waals surface area contributed by atoms with Crippen LogP contribution in [-0.2, 0) is 33.3 Å². The number of carbonyl (C=O) groups is 3. The van der Waals surface area contributed by atoms with Gasteiger partial charge in [0.1, 0.15) is 28.6 Å². The molecule has 6 aliphatic heterocycles. The highest BCUT2D eigenvalue weighted by molar-refractivity contribution is 6.19. The van der Waals surface area contributed by atoms with Gasteiger partial charge in [-0.2, -0.15) is 0 Å². The second kappa shape index (κ2) is 18.1. The van der Waals surface area contributed by atoms with Gasteiger partial charge in [-0.05, 0) is 39.7 Å². The number of amides is 1. The number of likely N-dealkylation sites (tertiary alicyclic amines) is 1. The zero-order chi connectivity index (χ0) is 47.5. The number of esters is 1. The van der Waals surface area contributed by atoms with E-state index in [0.29, 0.717) is 24.3 Å². The first-order chi connectivity index (χ1) is 30.6. The molecule has 354 valence electrons. The third-order valence-corrected chi connectivity index (χ3v) is 14.0. The van der Waals surface area contributed by atoms with Gasteiger partial charge in [-0.3, -0.25) is 24.4 Å². The Bertz CT molecular complexity index is 2450. The van der Waals surface area contributed by atoms with Crippen LogP contribution < -0.4 is 20.8 Å². The second-order valence-electron chi connectivity index (χ2n) is 19.7. The van der Waals surface area contributed by atoms with E-state index in [1.807, 2.05) is 46.8 Å². The summed E-state index contributed by atoms with van der Waals surface area (Å²) in [5, 5.41) is 27.8. The minimum atomic E-state index is -1.88. The lowest BCUT2D eigenvalue weighted by atomic mass is 9.77. The number of carbonyl (C=O) groups excluding carboxylic acids is 3. The van der Waals surface area contributed by atoms with E-state index < -0.39 is 64.9 Å². The molecule has 0 unspecified atom stereocenters. The number of allylic oxidation sites excluding steroid dienone is 2. The van der Waals surface area contributed by atoms with Gasteiger partial charge in [-0.1, -0.05) is 66.7 Å². The maximum atomic E-state index is 15.1. The molecular formula is C50H68N4O11. The van der Waals surface area contributed by atoms with E-state index in [-0.39, 0.29) is 80.1 Å². The average molecular weight is 901 g/mol. The van der Waals surface area contributed by atoms with E-state index in [1.165, 1.54) is 13.2 Å². The standard InChI is InChI=1S/C50H68N4O11/c1-14-50-46(58)36-34-35(40(56)29(7)45(36)65-50)41(57)39(38-37(34)52-49(53-38)19-21-54(22-20-49)24-25(2)3)51-47(59)27(5)17-15-16-26(4)42-30(8)44(64-48(11,12)63-42)31(9)43(62-32(10)55)28(6)33(60-13)18-23-61-50/h15-18,23,25-26,28,30-31,33,42-44,56-57H,14,19-22,24H2,1-13H3,(H,51,59)/b16-15+,23-18+,27-17-/t26-,28+,30+,31-,33-,42-,43+,44+,50-/m0/s1. The maximum Gasteiger partial charge on any atom is 0.315 e. The van der Waals surface area contributed by atoms with Crippen LogP contribution in [0.1, 0.15) is 111 Å². The van der Waals surface area contributed by atoms with Crippen LogP contribution in [0.4, 0.5) is 5.69 Å². The molecule has 1 amide bonds. The van der Waals surface area contributed by atoms with Gasteiger partial charge in [0.05, 0.1) is 40.9 Å². The summed E-state index contributed by atoms with van der Waals surface area (Å²) in [5.74, 6) is -5.69. The summed E-state index contributed by atoms with van der Waals surface area (Å²) in [6.07, 6.45) is 7.61. The fourth-order valence-electron chi connectivity index (χ4n) is 10.5. The predicted octanol–water partition coefficient (Wildman–Crippen LogP) is 6.94. The van der Waals surface area contributed by atoms with Crippen LogP contribution in [0.5, 0.6) is 17.2 Å². The summed E-state index contributed by atoms with van der Waals surface area (Å²) in [6.45, 7) is 24.9. The molecule has 0 saturated carbocycles. The first-order valence-electron chi connectivity index (χ1n) is 23.1. The SMILES string of the molecule is CC[C@@]12O/C=C/[C@H](OC)[C@@H](C)[C@@H](OC(C)=O)[C@H](C)[C@@H]3OC(C)(C)O[C@H]([C@H]3C)[C@@H](C)/C=C/C=C(/C)C(=O)Nc3c(O)c4c(O)c(C)c(c(c4c4c3=NC3(CCN(CC(C)C)CC3)N=4)C1=O)O2. The molecule has 0 aliphatic carbocycles. The van der Waals surface area contributed by atoms with Gasteiger partial charge in [-0.15, -0.1) is 0 Å². The number of benzene rings is 2. The van der Waals surface area contributed by atoms with Crippen LogP contribution in [0.3, 0.4) is 0 Å². The van der Waals surface area contributed by atoms with Crippen LogP contribution in [0, 0.1) is 36.5 Å². The zero-order valence-corrected chi connectivity index (χ0v) is 40.2. The predicted molar refractivity (Wildman–Crippen MR) is 244 cm³/mol. The maximum absolute atomic E-state index is 15.1. The van der Waals surface area contributed by atoms with Gasteiger partial charge in [-0.25, -0.2) is 0 Å². The molecule has 6 heterocycles. The van der Waals surface area contributed by atoms with Gasteiger partial charge in [0.2, 0.25) is 0 Å². The summed E-state index contributed by atoms with van der Waals surface area (Å²) >= 11 is 0. The van der Waals surface area contributed by atoms with Crippen molar-refractivity contribution >= 4 is 34.1 Å². The molecule has 3 N–H and O–H groups in total. The van der Waals surface area contributed by atoms with E-state index in [2.05, 4.69) is 31.0 Å². The highest BCUT2D eigenvalue weighted by Gasteiger charge is 2.53. The minimum absolute atomic E-state index is 0.0113. The van der Waals surface area contributed by atoms with Crippen molar-refractivity contribution in [3.63, 3.8) is 0 Å². The largest absolute Gasteiger partial charge is 0.507 e. The second-order valence-corrected chi connectivity index (χ2v) is 19.7. The topological polar surface area (TPSA) is 187 Å². The Hall–Kier alpha value is -4.83. The summed E-state index contributed by atoms with van der Waals surface area (Å²) in [4.78, 5) is 54.7. The van der Waals surface area contributed by atoms with Gasteiger partial charge in [0, 0.05) is 93.1 Å². The molecule has 15 heteroatoms. The summed E-state index contributed by atoms with van der Waals surface area (Å²) in [7, 11) is 1.55. The van der Waals surface area contributed by atoms with E-state index in [0.717, 1.165) is 19.6 Å². The van der Waals surface area contributed by atoms with Crippen molar-refractivity contribution in [1.29, 1.82) is 0 Å². The fraction of sp³-hybridized carbons (Fsp3) is 0.620. The number of ether oxygens (including phenoxy) is 6. The minimum Gasteiger partial charge on any atom is -0.507 e. The highest BCUT2D eigenvalue weighted by atomic mass is 16.7.